The average Bonchev–Trinajstić information content (AvgIpc) is 2.17. The fraction of sp³-hybridized carbons (Fsp3) is 0.500. The second-order valence-corrected chi connectivity index (χ2v) is 5.00. The summed E-state index contributed by atoms with van der Waals surface area (Å²) in [5.74, 6) is 0.860. The Kier molecular flexibility index (Phi) is 4.24. The van der Waals surface area contributed by atoms with E-state index in [1.807, 2.05) is 12.1 Å². The first kappa shape index (κ1) is 12.9. The summed E-state index contributed by atoms with van der Waals surface area (Å²) in [5, 5.41) is 3.39. The lowest BCUT2D eigenvalue weighted by Gasteiger charge is -2.26. The van der Waals surface area contributed by atoms with Crippen LogP contribution in [0.5, 0.6) is 0 Å². The molecule has 0 aromatic carbocycles. The van der Waals surface area contributed by atoms with Gasteiger partial charge in [-0.25, -0.2) is 4.98 Å². The van der Waals surface area contributed by atoms with Gasteiger partial charge in [0.25, 0.3) is 0 Å². The average molecular weight is 237 g/mol. The number of rotatable bonds is 5. The molecule has 1 aromatic heterocycles. The summed E-state index contributed by atoms with van der Waals surface area (Å²) in [4.78, 5) is 4.67. The summed E-state index contributed by atoms with van der Waals surface area (Å²) >= 11 is 4.87. The van der Waals surface area contributed by atoms with E-state index in [1.165, 1.54) is 0 Å². The van der Waals surface area contributed by atoms with Crippen LogP contribution in [0, 0.1) is 0 Å². The van der Waals surface area contributed by atoms with E-state index in [0.717, 1.165) is 24.2 Å². The summed E-state index contributed by atoms with van der Waals surface area (Å²) in [6.07, 6.45) is 3.95. The number of hydrogen-bond acceptors (Lipinski definition) is 3. The predicted octanol–water partition coefficient (Wildman–Crippen LogP) is 2.71. The first-order chi connectivity index (χ1) is 7.44. The standard InChI is InChI=1S/C12H19N3S/c1-4-7-12(2,3)15-10-6-5-9(8-14-10)11(13)16/h5-6,8H,4,7H2,1-3H3,(H2,13,16)(H,14,15). The molecule has 0 aliphatic carbocycles. The first-order valence-electron chi connectivity index (χ1n) is 5.48. The van der Waals surface area contributed by atoms with Gasteiger partial charge in [0, 0.05) is 17.3 Å². The van der Waals surface area contributed by atoms with Crippen molar-refractivity contribution in [2.45, 2.75) is 39.2 Å². The smallest absolute Gasteiger partial charge is 0.126 e. The molecule has 0 atom stereocenters. The van der Waals surface area contributed by atoms with Crippen LogP contribution < -0.4 is 11.1 Å². The van der Waals surface area contributed by atoms with E-state index in [9.17, 15) is 0 Å². The Morgan fingerprint density at radius 1 is 1.50 bits per heavy atom. The largest absolute Gasteiger partial charge is 0.389 e. The molecule has 4 heteroatoms. The normalized spacial score (nSPS) is 11.2. The minimum Gasteiger partial charge on any atom is -0.389 e. The Morgan fingerprint density at radius 3 is 2.62 bits per heavy atom. The molecular formula is C12H19N3S. The second-order valence-electron chi connectivity index (χ2n) is 4.56. The number of pyridine rings is 1. The number of nitrogens with one attached hydrogen (secondary N) is 1. The molecule has 0 unspecified atom stereocenters. The maximum Gasteiger partial charge on any atom is 0.126 e. The Morgan fingerprint density at radius 2 is 2.19 bits per heavy atom. The fourth-order valence-electron chi connectivity index (χ4n) is 1.65. The lowest BCUT2D eigenvalue weighted by Crippen LogP contribution is -2.30. The monoisotopic (exact) mass is 237 g/mol. The highest BCUT2D eigenvalue weighted by Gasteiger charge is 2.16. The fourth-order valence-corrected chi connectivity index (χ4v) is 1.77. The van der Waals surface area contributed by atoms with Gasteiger partial charge < -0.3 is 11.1 Å². The highest BCUT2D eigenvalue weighted by molar-refractivity contribution is 7.80. The molecule has 0 fully saturated rings. The van der Waals surface area contributed by atoms with Crippen molar-refractivity contribution in [1.82, 2.24) is 4.98 Å². The molecule has 0 spiro atoms. The highest BCUT2D eigenvalue weighted by atomic mass is 32.1. The van der Waals surface area contributed by atoms with Crippen molar-refractivity contribution in [3.63, 3.8) is 0 Å². The van der Waals surface area contributed by atoms with Crippen LogP contribution in [0.3, 0.4) is 0 Å². The molecule has 0 bridgehead atoms. The summed E-state index contributed by atoms with van der Waals surface area (Å²) in [5.41, 5.74) is 6.37. The zero-order chi connectivity index (χ0) is 12.2. The van der Waals surface area contributed by atoms with E-state index in [4.69, 9.17) is 18.0 Å². The molecule has 1 rings (SSSR count). The number of aromatic nitrogens is 1. The number of thiocarbonyl (C=S) groups is 1. The Bertz CT molecular complexity index is 357. The van der Waals surface area contributed by atoms with Crippen LogP contribution in [0.15, 0.2) is 18.3 Å². The third kappa shape index (κ3) is 3.77. The van der Waals surface area contributed by atoms with Crippen molar-refractivity contribution >= 4 is 23.0 Å². The van der Waals surface area contributed by atoms with Gasteiger partial charge in [-0.3, -0.25) is 0 Å². The molecule has 0 saturated heterocycles. The molecule has 3 nitrogen and oxygen atoms in total. The van der Waals surface area contributed by atoms with E-state index < -0.39 is 0 Å². The van der Waals surface area contributed by atoms with Crippen molar-refractivity contribution in [3.8, 4) is 0 Å². The third-order valence-corrected chi connectivity index (χ3v) is 2.63. The number of nitrogens with two attached hydrogens (primary N) is 1. The summed E-state index contributed by atoms with van der Waals surface area (Å²) < 4.78 is 0. The van der Waals surface area contributed by atoms with Gasteiger partial charge in [0.05, 0.1) is 0 Å². The van der Waals surface area contributed by atoms with E-state index in [2.05, 4.69) is 31.1 Å². The van der Waals surface area contributed by atoms with Crippen LogP contribution in [0.4, 0.5) is 5.82 Å². The van der Waals surface area contributed by atoms with E-state index >= 15 is 0 Å². The first-order valence-corrected chi connectivity index (χ1v) is 5.89. The van der Waals surface area contributed by atoms with Crippen molar-refractivity contribution in [2.75, 3.05) is 5.32 Å². The Labute approximate surface area is 102 Å². The van der Waals surface area contributed by atoms with Crippen LogP contribution in [-0.2, 0) is 0 Å². The molecule has 0 radical (unpaired) electrons. The second kappa shape index (κ2) is 5.25. The Balaban J connectivity index is 2.72. The Hall–Kier alpha value is -1.16. The SMILES string of the molecule is CCCC(C)(C)Nc1ccc(C(N)=S)cn1. The summed E-state index contributed by atoms with van der Waals surface area (Å²) in [6, 6.07) is 3.80. The van der Waals surface area contributed by atoms with Gasteiger partial charge in [-0.1, -0.05) is 25.6 Å². The quantitative estimate of drug-likeness (QED) is 0.773. The van der Waals surface area contributed by atoms with E-state index in [0.29, 0.717) is 4.99 Å². The van der Waals surface area contributed by atoms with Crippen molar-refractivity contribution in [1.29, 1.82) is 0 Å². The molecular weight excluding hydrogens is 218 g/mol. The predicted molar refractivity (Wildman–Crippen MR) is 72.7 cm³/mol. The van der Waals surface area contributed by atoms with E-state index in [1.54, 1.807) is 6.20 Å². The van der Waals surface area contributed by atoms with Crippen molar-refractivity contribution in [2.24, 2.45) is 5.73 Å². The van der Waals surface area contributed by atoms with Gasteiger partial charge >= 0.3 is 0 Å². The van der Waals surface area contributed by atoms with Crippen LogP contribution >= 0.6 is 12.2 Å². The molecule has 16 heavy (non-hydrogen) atoms. The molecule has 1 aromatic rings. The molecule has 1 heterocycles. The number of anilines is 1. The van der Waals surface area contributed by atoms with Gasteiger partial charge in [0.15, 0.2) is 0 Å². The molecule has 0 saturated carbocycles. The van der Waals surface area contributed by atoms with Crippen molar-refractivity contribution < 1.29 is 0 Å². The zero-order valence-corrected chi connectivity index (χ0v) is 10.9. The van der Waals surface area contributed by atoms with Crippen LogP contribution in [0.2, 0.25) is 0 Å². The molecule has 0 aliphatic heterocycles. The molecule has 88 valence electrons. The number of hydrogen-bond donors (Lipinski definition) is 2. The molecule has 0 amide bonds. The zero-order valence-electron chi connectivity index (χ0n) is 10.1. The van der Waals surface area contributed by atoms with Crippen molar-refractivity contribution in [3.05, 3.63) is 23.9 Å². The summed E-state index contributed by atoms with van der Waals surface area (Å²) in [7, 11) is 0. The maximum atomic E-state index is 5.51. The minimum atomic E-state index is 0.0620. The van der Waals surface area contributed by atoms with Gasteiger partial charge in [0.1, 0.15) is 10.8 Å². The van der Waals surface area contributed by atoms with Crippen LogP contribution in [-0.4, -0.2) is 15.5 Å². The summed E-state index contributed by atoms with van der Waals surface area (Å²) in [6.45, 7) is 6.51. The van der Waals surface area contributed by atoms with Gasteiger partial charge in [-0.2, -0.15) is 0 Å². The topological polar surface area (TPSA) is 50.9 Å². The number of nitrogens with zero attached hydrogens (tertiary/aromatic N) is 1. The molecule has 3 N–H and O–H groups in total. The third-order valence-electron chi connectivity index (χ3n) is 2.39. The molecule has 0 aliphatic rings. The van der Waals surface area contributed by atoms with Gasteiger partial charge in [-0.05, 0) is 32.4 Å². The maximum absolute atomic E-state index is 5.51. The van der Waals surface area contributed by atoms with Crippen LogP contribution in [0.1, 0.15) is 39.2 Å². The van der Waals surface area contributed by atoms with Gasteiger partial charge in [0.2, 0.25) is 0 Å². The van der Waals surface area contributed by atoms with Crippen LogP contribution in [0.25, 0.3) is 0 Å². The van der Waals surface area contributed by atoms with Gasteiger partial charge in [-0.15, -0.1) is 0 Å². The van der Waals surface area contributed by atoms with E-state index in [-0.39, 0.29) is 5.54 Å². The minimum absolute atomic E-state index is 0.0620. The lowest BCUT2D eigenvalue weighted by molar-refractivity contribution is 0.509. The lowest BCUT2D eigenvalue weighted by atomic mass is 9.99. The highest BCUT2D eigenvalue weighted by Crippen LogP contribution is 2.17.